The van der Waals surface area contributed by atoms with Crippen molar-refractivity contribution in [1.82, 2.24) is 9.78 Å². The number of ether oxygens (including phenoxy) is 2. The van der Waals surface area contributed by atoms with Crippen molar-refractivity contribution in [3.8, 4) is 11.4 Å². The van der Waals surface area contributed by atoms with Gasteiger partial charge in [-0.15, -0.1) is 11.3 Å². The number of fused-ring (bicyclic) bond motifs is 1. The van der Waals surface area contributed by atoms with Gasteiger partial charge in [-0.3, -0.25) is 9.52 Å². The number of morpholine rings is 1. The molecular formula is C30H28ClN5O5S2. The van der Waals surface area contributed by atoms with Crippen molar-refractivity contribution in [3.63, 3.8) is 0 Å². The molecule has 0 saturated carbocycles. The number of methoxy groups -OCH3 is 1. The van der Waals surface area contributed by atoms with Gasteiger partial charge in [0.15, 0.2) is 0 Å². The Hall–Kier alpha value is -4.10. The standard InChI is InChI=1S/C30H28ClN5O5S2/c1-19-25-18-27(42-30(25)36(33-19)23-8-3-20(31)4-9-23)29(37)32-22-7-12-26(35-13-15-41-16-14-35)28(17-22)43(38,39)34-21-5-10-24(40-2)11-6-21/h3-12,17-18,34H,13-16H2,1-2H3,(H,32,37). The summed E-state index contributed by atoms with van der Waals surface area (Å²) in [4.78, 5) is 16.7. The third kappa shape index (κ3) is 6.04. The maximum Gasteiger partial charge on any atom is 0.265 e. The molecule has 0 spiro atoms. The number of sulfonamides is 1. The third-order valence-corrected chi connectivity index (χ3v) is 9.81. The summed E-state index contributed by atoms with van der Waals surface area (Å²) >= 11 is 7.36. The van der Waals surface area contributed by atoms with Crippen molar-refractivity contribution < 1.29 is 22.7 Å². The number of aryl methyl sites for hydroxylation is 1. The van der Waals surface area contributed by atoms with Crippen LogP contribution in [0.3, 0.4) is 0 Å². The average Bonchev–Trinajstić information content (AvgIpc) is 3.59. The first kappa shape index (κ1) is 29.0. The second kappa shape index (κ2) is 11.9. The van der Waals surface area contributed by atoms with Gasteiger partial charge < -0.3 is 19.7 Å². The molecule has 6 rings (SSSR count). The molecule has 0 atom stereocenters. The second-order valence-electron chi connectivity index (χ2n) is 9.87. The molecule has 0 radical (unpaired) electrons. The molecule has 10 nitrogen and oxygen atoms in total. The van der Waals surface area contributed by atoms with Gasteiger partial charge in [0.2, 0.25) is 0 Å². The minimum atomic E-state index is -4.04. The molecule has 0 aliphatic carbocycles. The van der Waals surface area contributed by atoms with E-state index in [1.807, 2.05) is 24.0 Å². The van der Waals surface area contributed by atoms with Crippen molar-refractivity contribution in [2.75, 3.05) is 48.4 Å². The van der Waals surface area contributed by atoms with Crippen molar-refractivity contribution in [2.45, 2.75) is 11.8 Å². The van der Waals surface area contributed by atoms with Crippen molar-refractivity contribution in [3.05, 3.63) is 88.4 Å². The first-order valence-electron chi connectivity index (χ1n) is 13.4. The third-order valence-electron chi connectivity index (χ3n) is 7.04. The Morgan fingerprint density at radius 3 is 2.40 bits per heavy atom. The maximum atomic E-state index is 13.7. The monoisotopic (exact) mass is 637 g/mol. The first-order chi connectivity index (χ1) is 20.7. The lowest BCUT2D eigenvalue weighted by molar-refractivity contribution is 0.103. The summed E-state index contributed by atoms with van der Waals surface area (Å²) in [6.45, 7) is 3.96. The van der Waals surface area contributed by atoms with Gasteiger partial charge in [0.05, 0.1) is 42.3 Å². The number of carbonyl (C=O) groups is 1. The van der Waals surface area contributed by atoms with E-state index in [4.69, 9.17) is 21.1 Å². The van der Waals surface area contributed by atoms with E-state index in [9.17, 15) is 13.2 Å². The quantitative estimate of drug-likeness (QED) is 0.216. The number of rotatable bonds is 8. The van der Waals surface area contributed by atoms with Crippen LogP contribution in [-0.2, 0) is 14.8 Å². The van der Waals surface area contributed by atoms with Crippen LogP contribution in [0, 0.1) is 6.92 Å². The molecule has 222 valence electrons. The molecule has 1 amide bonds. The average molecular weight is 638 g/mol. The molecule has 3 aromatic carbocycles. The number of halogens is 1. The molecule has 2 N–H and O–H groups in total. The van der Waals surface area contributed by atoms with Gasteiger partial charge in [-0.05, 0) is 79.7 Å². The normalized spacial score (nSPS) is 13.7. The Labute approximate surface area is 257 Å². The van der Waals surface area contributed by atoms with Gasteiger partial charge in [-0.2, -0.15) is 5.10 Å². The van der Waals surface area contributed by atoms with Crippen molar-refractivity contribution in [1.29, 1.82) is 0 Å². The summed E-state index contributed by atoms with van der Waals surface area (Å²) in [5.74, 6) is 0.257. The van der Waals surface area contributed by atoms with Crippen LogP contribution in [0.2, 0.25) is 5.02 Å². The number of hydrogen-bond acceptors (Lipinski definition) is 8. The van der Waals surface area contributed by atoms with E-state index in [1.54, 1.807) is 66.4 Å². The number of carbonyl (C=O) groups excluding carboxylic acids is 1. The van der Waals surface area contributed by atoms with E-state index in [2.05, 4.69) is 15.1 Å². The van der Waals surface area contributed by atoms with Gasteiger partial charge >= 0.3 is 0 Å². The molecule has 1 aliphatic heterocycles. The lowest BCUT2D eigenvalue weighted by atomic mass is 10.2. The molecule has 3 heterocycles. The molecule has 5 aromatic rings. The first-order valence-corrected chi connectivity index (χ1v) is 16.1. The van der Waals surface area contributed by atoms with Gasteiger partial charge in [-0.25, -0.2) is 13.1 Å². The van der Waals surface area contributed by atoms with E-state index >= 15 is 0 Å². The number of nitrogens with one attached hydrogen (secondary N) is 2. The minimum Gasteiger partial charge on any atom is -0.497 e. The summed E-state index contributed by atoms with van der Waals surface area (Å²) in [5, 5.41) is 9.00. The SMILES string of the molecule is COc1ccc(NS(=O)(=O)c2cc(NC(=O)c3cc4c(C)nn(-c5ccc(Cl)cc5)c4s3)ccc2N2CCOCC2)cc1. The fourth-order valence-corrected chi connectivity index (χ4v) is 7.37. The van der Waals surface area contributed by atoms with Crippen LogP contribution in [0.25, 0.3) is 15.9 Å². The molecule has 43 heavy (non-hydrogen) atoms. The molecule has 2 aromatic heterocycles. The zero-order valence-corrected chi connectivity index (χ0v) is 25.7. The number of hydrogen-bond donors (Lipinski definition) is 2. The summed E-state index contributed by atoms with van der Waals surface area (Å²) in [6, 6.07) is 20.6. The van der Waals surface area contributed by atoms with E-state index < -0.39 is 10.0 Å². The number of thiophene rings is 1. The molecule has 0 unspecified atom stereocenters. The maximum absolute atomic E-state index is 13.7. The van der Waals surface area contributed by atoms with E-state index in [0.717, 1.165) is 21.6 Å². The highest BCUT2D eigenvalue weighted by Crippen LogP contribution is 2.34. The lowest BCUT2D eigenvalue weighted by Crippen LogP contribution is -2.37. The summed E-state index contributed by atoms with van der Waals surface area (Å²) in [5.41, 5.74) is 2.88. The molecule has 1 aliphatic rings. The second-order valence-corrected chi connectivity index (χ2v) is 13.0. The zero-order valence-electron chi connectivity index (χ0n) is 23.3. The summed E-state index contributed by atoms with van der Waals surface area (Å²) in [6.07, 6.45) is 0. The fourth-order valence-electron chi connectivity index (χ4n) is 4.85. The van der Waals surface area contributed by atoms with Crippen LogP contribution in [0.4, 0.5) is 17.1 Å². The van der Waals surface area contributed by atoms with Crippen LogP contribution >= 0.6 is 22.9 Å². The van der Waals surface area contributed by atoms with Crippen molar-refractivity contribution >= 4 is 66.1 Å². The molecule has 1 saturated heterocycles. The summed E-state index contributed by atoms with van der Waals surface area (Å²) < 4.78 is 42.5. The zero-order chi connectivity index (χ0) is 30.1. The highest BCUT2D eigenvalue weighted by Gasteiger charge is 2.25. The van der Waals surface area contributed by atoms with Crippen LogP contribution in [-0.4, -0.2) is 57.5 Å². The van der Waals surface area contributed by atoms with E-state index in [0.29, 0.717) is 59.0 Å². The minimum absolute atomic E-state index is 0.0496. The smallest absolute Gasteiger partial charge is 0.265 e. The number of nitrogens with zero attached hydrogens (tertiary/aromatic N) is 3. The lowest BCUT2D eigenvalue weighted by Gasteiger charge is -2.30. The predicted octanol–water partition coefficient (Wildman–Crippen LogP) is 5.95. The Kier molecular flexibility index (Phi) is 8.01. The Bertz CT molecular complexity index is 1900. The van der Waals surface area contributed by atoms with Gasteiger partial charge in [0.1, 0.15) is 15.5 Å². The highest BCUT2D eigenvalue weighted by molar-refractivity contribution is 7.92. The Morgan fingerprint density at radius 1 is 1.00 bits per heavy atom. The van der Waals surface area contributed by atoms with Crippen LogP contribution in [0.1, 0.15) is 15.4 Å². The van der Waals surface area contributed by atoms with Crippen molar-refractivity contribution in [2.24, 2.45) is 0 Å². The number of anilines is 3. The summed E-state index contributed by atoms with van der Waals surface area (Å²) in [7, 11) is -2.49. The van der Waals surface area contributed by atoms with Gasteiger partial charge in [-0.1, -0.05) is 11.6 Å². The molecule has 0 bridgehead atoms. The fraction of sp³-hybridized carbons (Fsp3) is 0.200. The number of aromatic nitrogens is 2. The molecule has 1 fully saturated rings. The van der Waals surface area contributed by atoms with E-state index in [-0.39, 0.29) is 10.8 Å². The highest BCUT2D eigenvalue weighted by atomic mass is 35.5. The molecular weight excluding hydrogens is 610 g/mol. The van der Waals surface area contributed by atoms with E-state index in [1.165, 1.54) is 17.4 Å². The van der Waals surface area contributed by atoms with Crippen LogP contribution < -0.4 is 19.7 Å². The largest absolute Gasteiger partial charge is 0.497 e. The van der Waals surface area contributed by atoms with Gasteiger partial charge in [0.25, 0.3) is 15.9 Å². The number of amides is 1. The Morgan fingerprint density at radius 2 is 1.70 bits per heavy atom. The number of benzene rings is 3. The Balaban J connectivity index is 1.31. The molecule has 13 heteroatoms. The van der Waals surface area contributed by atoms with Crippen LogP contribution in [0.5, 0.6) is 5.75 Å². The van der Waals surface area contributed by atoms with Crippen LogP contribution in [0.15, 0.2) is 77.7 Å². The predicted molar refractivity (Wildman–Crippen MR) is 170 cm³/mol. The topological polar surface area (TPSA) is 115 Å². The van der Waals surface area contributed by atoms with Gasteiger partial charge in [0, 0.05) is 34.9 Å².